The summed E-state index contributed by atoms with van der Waals surface area (Å²) in [4.78, 5) is 0. The standard InChI is InChI=1S/C4H10S.2CH4/c1-4(2)5-3;;/h4H,1-3H3;2*1H4. The fourth-order valence-corrected chi connectivity index (χ4v) is 0. The minimum absolute atomic E-state index is 0. The lowest BCUT2D eigenvalue weighted by Crippen LogP contribution is -1.79. The maximum atomic E-state index is 2.19. The molecule has 0 saturated heterocycles. The summed E-state index contributed by atoms with van der Waals surface area (Å²) >= 11 is 1.88. The van der Waals surface area contributed by atoms with Crippen LogP contribution in [-0.2, 0) is 0 Å². The van der Waals surface area contributed by atoms with Crippen molar-refractivity contribution in [1.82, 2.24) is 0 Å². The van der Waals surface area contributed by atoms with Crippen molar-refractivity contribution in [2.75, 3.05) is 6.26 Å². The Morgan fingerprint density at radius 1 is 1.14 bits per heavy atom. The molecule has 0 rings (SSSR count). The Morgan fingerprint density at radius 2 is 1.29 bits per heavy atom. The SMILES string of the molecule is C.C.CSC(C)C. The van der Waals surface area contributed by atoms with Crippen LogP contribution >= 0.6 is 11.8 Å². The highest BCUT2D eigenvalue weighted by molar-refractivity contribution is 7.99. The molecule has 0 aromatic carbocycles. The van der Waals surface area contributed by atoms with Crippen LogP contribution in [0, 0.1) is 0 Å². The van der Waals surface area contributed by atoms with Gasteiger partial charge in [-0.15, -0.1) is 0 Å². The maximum Gasteiger partial charge on any atom is -0.00125 e. The van der Waals surface area contributed by atoms with Crippen LogP contribution in [0.15, 0.2) is 0 Å². The Hall–Kier alpha value is 0.350. The molecule has 0 aliphatic heterocycles. The van der Waals surface area contributed by atoms with Gasteiger partial charge in [0.15, 0.2) is 0 Å². The number of hydrogen-bond donors (Lipinski definition) is 0. The van der Waals surface area contributed by atoms with E-state index in [9.17, 15) is 0 Å². The number of hydrogen-bond acceptors (Lipinski definition) is 1. The third kappa shape index (κ3) is 21.8. The lowest BCUT2D eigenvalue weighted by atomic mass is 10.6. The van der Waals surface area contributed by atoms with Crippen LogP contribution in [0.2, 0.25) is 0 Å². The van der Waals surface area contributed by atoms with E-state index in [0.717, 1.165) is 5.25 Å². The Kier molecular flexibility index (Phi) is 21.5. The van der Waals surface area contributed by atoms with E-state index in [1.165, 1.54) is 0 Å². The lowest BCUT2D eigenvalue weighted by molar-refractivity contribution is 1.12. The summed E-state index contributed by atoms with van der Waals surface area (Å²) in [6, 6.07) is 0. The summed E-state index contributed by atoms with van der Waals surface area (Å²) in [7, 11) is 0. The summed E-state index contributed by atoms with van der Waals surface area (Å²) < 4.78 is 0. The van der Waals surface area contributed by atoms with Crippen molar-refractivity contribution in [2.24, 2.45) is 0 Å². The molecule has 0 fully saturated rings. The molecule has 0 aliphatic rings. The summed E-state index contributed by atoms with van der Waals surface area (Å²) in [5.74, 6) is 0. The van der Waals surface area contributed by atoms with Crippen LogP contribution in [0.1, 0.15) is 28.7 Å². The summed E-state index contributed by atoms with van der Waals surface area (Å²) in [5, 5.41) is 0.801. The molecule has 0 aromatic heterocycles. The molecule has 0 N–H and O–H groups in total. The predicted octanol–water partition coefficient (Wildman–Crippen LogP) is 3.03. The molecule has 0 amide bonds. The van der Waals surface area contributed by atoms with E-state index in [2.05, 4.69) is 20.1 Å². The number of rotatable bonds is 1. The second kappa shape index (κ2) is 9.61. The second-order valence-electron chi connectivity index (χ2n) is 1.28. The van der Waals surface area contributed by atoms with Crippen molar-refractivity contribution in [3.05, 3.63) is 0 Å². The Balaban J connectivity index is -0.0000000800. The van der Waals surface area contributed by atoms with Gasteiger partial charge in [-0.25, -0.2) is 0 Å². The van der Waals surface area contributed by atoms with Gasteiger partial charge in [0.1, 0.15) is 0 Å². The lowest BCUT2D eigenvalue weighted by Gasteiger charge is -1.90. The average Bonchev–Trinajstić information content (AvgIpc) is 1.38. The fourth-order valence-electron chi connectivity index (χ4n) is 0. The number of thioether (sulfide) groups is 1. The van der Waals surface area contributed by atoms with Crippen molar-refractivity contribution in [2.45, 2.75) is 34.0 Å². The third-order valence-corrected chi connectivity index (χ3v) is 1.41. The first-order valence-corrected chi connectivity index (χ1v) is 3.09. The molecule has 7 heavy (non-hydrogen) atoms. The third-order valence-electron chi connectivity index (χ3n) is 0.471. The molecule has 0 nitrogen and oxygen atoms in total. The highest BCUT2D eigenvalue weighted by Gasteiger charge is 1.80. The molecule has 0 atom stereocenters. The molecule has 0 spiro atoms. The van der Waals surface area contributed by atoms with Crippen LogP contribution in [0.3, 0.4) is 0 Å². The minimum atomic E-state index is 0. The highest BCUT2D eigenvalue weighted by atomic mass is 32.2. The van der Waals surface area contributed by atoms with E-state index < -0.39 is 0 Å². The first-order valence-electron chi connectivity index (χ1n) is 1.80. The normalized spacial score (nSPS) is 6.86. The second-order valence-corrected chi connectivity index (χ2v) is 2.70. The van der Waals surface area contributed by atoms with E-state index in [4.69, 9.17) is 0 Å². The molecule has 0 bridgehead atoms. The summed E-state index contributed by atoms with van der Waals surface area (Å²) in [5.41, 5.74) is 0. The summed E-state index contributed by atoms with van der Waals surface area (Å²) in [6.45, 7) is 4.37. The molecule has 0 aliphatic carbocycles. The average molecular weight is 122 g/mol. The van der Waals surface area contributed by atoms with Gasteiger partial charge in [0, 0.05) is 0 Å². The van der Waals surface area contributed by atoms with Gasteiger partial charge in [-0.3, -0.25) is 0 Å². The van der Waals surface area contributed by atoms with E-state index in [1.807, 2.05) is 11.8 Å². The highest BCUT2D eigenvalue weighted by Crippen LogP contribution is 2.00. The van der Waals surface area contributed by atoms with Gasteiger partial charge in [0.2, 0.25) is 0 Å². The molecular formula is C6H18S. The van der Waals surface area contributed by atoms with Crippen molar-refractivity contribution in [1.29, 1.82) is 0 Å². The fraction of sp³-hybridized carbons (Fsp3) is 1.00. The van der Waals surface area contributed by atoms with E-state index >= 15 is 0 Å². The molecular weight excluding hydrogens is 104 g/mol. The van der Waals surface area contributed by atoms with E-state index in [1.54, 1.807) is 0 Å². The van der Waals surface area contributed by atoms with Gasteiger partial charge >= 0.3 is 0 Å². The quantitative estimate of drug-likeness (QED) is 0.515. The van der Waals surface area contributed by atoms with Gasteiger partial charge in [0.05, 0.1) is 0 Å². The molecule has 0 aromatic rings. The topological polar surface area (TPSA) is 0 Å². The largest absolute Gasteiger partial charge is 0.163 e. The van der Waals surface area contributed by atoms with Crippen LogP contribution in [-0.4, -0.2) is 11.5 Å². The van der Waals surface area contributed by atoms with Gasteiger partial charge < -0.3 is 0 Å². The van der Waals surface area contributed by atoms with Crippen LogP contribution < -0.4 is 0 Å². The first kappa shape index (κ1) is 15.7. The van der Waals surface area contributed by atoms with Crippen LogP contribution in [0.25, 0.3) is 0 Å². The van der Waals surface area contributed by atoms with Crippen molar-refractivity contribution in [3.8, 4) is 0 Å². The van der Waals surface area contributed by atoms with Gasteiger partial charge in [-0.2, -0.15) is 11.8 Å². The van der Waals surface area contributed by atoms with E-state index in [-0.39, 0.29) is 14.9 Å². The van der Waals surface area contributed by atoms with Crippen molar-refractivity contribution < 1.29 is 0 Å². The van der Waals surface area contributed by atoms with Crippen LogP contribution in [0.4, 0.5) is 0 Å². The molecule has 0 heterocycles. The maximum absolute atomic E-state index is 2.19. The smallest absolute Gasteiger partial charge is 0.00125 e. The van der Waals surface area contributed by atoms with Crippen LogP contribution in [0.5, 0.6) is 0 Å². The molecule has 48 valence electrons. The van der Waals surface area contributed by atoms with Gasteiger partial charge in [0.25, 0.3) is 0 Å². The zero-order valence-electron chi connectivity index (χ0n) is 3.99. The predicted molar refractivity (Wildman–Crippen MR) is 42.1 cm³/mol. The minimum Gasteiger partial charge on any atom is -0.163 e. The Labute approximate surface area is 52.7 Å². The first-order chi connectivity index (χ1) is 2.27. The monoisotopic (exact) mass is 122 g/mol. The Bertz CT molecular complexity index is 18.1. The molecule has 1 heteroatoms. The summed E-state index contributed by atoms with van der Waals surface area (Å²) in [6.07, 6.45) is 2.12. The van der Waals surface area contributed by atoms with Crippen molar-refractivity contribution >= 4 is 11.8 Å². The molecule has 0 radical (unpaired) electrons. The van der Waals surface area contributed by atoms with Gasteiger partial charge in [-0.1, -0.05) is 28.7 Å². The zero-order valence-corrected chi connectivity index (χ0v) is 4.80. The molecule has 0 saturated carbocycles. The molecule has 0 unspecified atom stereocenters. The van der Waals surface area contributed by atoms with Gasteiger partial charge in [-0.05, 0) is 11.5 Å². The van der Waals surface area contributed by atoms with Crippen molar-refractivity contribution in [3.63, 3.8) is 0 Å². The Morgan fingerprint density at radius 3 is 1.29 bits per heavy atom. The zero-order chi connectivity index (χ0) is 4.28. The van der Waals surface area contributed by atoms with E-state index in [0.29, 0.717) is 0 Å².